The second kappa shape index (κ2) is 3.83. The SMILES string of the molecule is CCC[N+]1([C]=O)CCOCC1. The highest BCUT2D eigenvalue weighted by atomic mass is 16.5. The fraction of sp³-hybridized carbons (Fsp3) is 0.875. The summed E-state index contributed by atoms with van der Waals surface area (Å²) in [7, 11) is 0. The third kappa shape index (κ3) is 2.01. The number of carbonyl (C=O) groups excluding carboxylic acids is 1. The van der Waals surface area contributed by atoms with Gasteiger partial charge in [0, 0.05) is 0 Å². The molecule has 1 amide bonds. The summed E-state index contributed by atoms with van der Waals surface area (Å²) in [4.78, 5) is 10.7. The van der Waals surface area contributed by atoms with E-state index in [1.54, 1.807) is 0 Å². The van der Waals surface area contributed by atoms with Crippen LogP contribution in [0.25, 0.3) is 0 Å². The molecular weight excluding hydrogens is 142 g/mol. The molecule has 1 aliphatic heterocycles. The summed E-state index contributed by atoms with van der Waals surface area (Å²) in [6.07, 6.45) is 3.16. The molecule has 11 heavy (non-hydrogen) atoms. The van der Waals surface area contributed by atoms with E-state index in [0.29, 0.717) is 17.7 Å². The van der Waals surface area contributed by atoms with E-state index in [2.05, 4.69) is 13.3 Å². The average molecular weight is 157 g/mol. The van der Waals surface area contributed by atoms with Crippen LogP contribution in [0.1, 0.15) is 13.3 Å². The normalized spacial score (nSPS) is 23.0. The maximum absolute atomic E-state index is 10.7. The molecule has 1 radical (unpaired) electrons. The maximum atomic E-state index is 10.7. The molecule has 0 aromatic heterocycles. The van der Waals surface area contributed by atoms with E-state index in [1.165, 1.54) is 0 Å². The van der Waals surface area contributed by atoms with Crippen molar-refractivity contribution in [1.29, 1.82) is 0 Å². The number of nitrogens with zero attached hydrogens (tertiary/aromatic N) is 1. The zero-order valence-electron chi connectivity index (χ0n) is 7.01. The Kier molecular flexibility index (Phi) is 3.02. The second-order valence-electron chi connectivity index (χ2n) is 3.02. The predicted octanol–water partition coefficient (Wildman–Crippen LogP) is 0.311. The molecule has 0 spiro atoms. The van der Waals surface area contributed by atoms with E-state index in [-0.39, 0.29) is 0 Å². The zero-order valence-corrected chi connectivity index (χ0v) is 7.01. The number of hydrogen-bond donors (Lipinski definition) is 0. The summed E-state index contributed by atoms with van der Waals surface area (Å²) < 4.78 is 5.66. The molecule has 0 bridgehead atoms. The Bertz CT molecular complexity index is 125. The minimum atomic E-state index is 0.483. The largest absolute Gasteiger partial charge is 0.443 e. The van der Waals surface area contributed by atoms with Crippen LogP contribution in [0.2, 0.25) is 0 Å². The molecular formula is C8H15NO2+. The Morgan fingerprint density at radius 3 is 2.55 bits per heavy atom. The van der Waals surface area contributed by atoms with Crippen LogP contribution >= 0.6 is 0 Å². The van der Waals surface area contributed by atoms with E-state index < -0.39 is 0 Å². The first-order valence-corrected chi connectivity index (χ1v) is 4.16. The standard InChI is InChI=1S/C8H15NO2/c1-2-3-9(8-10)4-6-11-7-5-9/h2-7H2,1H3/q+1. The highest BCUT2D eigenvalue weighted by Crippen LogP contribution is 2.08. The predicted molar refractivity (Wildman–Crippen MR) is 41.7 cm³/mol. The summed E-state index contributed by atoms with van der Waals surface area (Å²) >= 11 is 0. The average Bonchev–Trinajstić information content (AvgIpc) is 2.07. The van der Waals surface area contributed by atoms with Crippen molar-refractivity contribution >= 4 is 6.41 Å². The van der Waals surface area contributed by atoms with Gasteiger partial charge in [-0.25, -0.2) is 9.28 Å². The molecule has 63 valence electrons. The van der Waals surface area contributed by atoms with Crippen molar-refractivity contribution in [1.82, 2.24) is 0 Å². The topological polar surface area (TPSA) is 26.3 Å². The maximum Gasteiger partial charge on any atom is 0.443 e. The van der Waals surface area contributed by atoms with Gasteiger partial charge in [-0.1, -0.05) is 6.92 Å². The summed E-state index contributed by atoms with van der Waals surface area (Å²) in [6.45, 7) is 6.01. The van der Waals surface area contributed by atoms with Gasteiger partial charge in [0.1, 0.15) is 13.1 Å². The van der Waals surface area contributed by atoms with Crippen LogP contribution in [0, 0.1) is 0 Å². The Hall–Kier alpha value is -0.410. The van der Waals surface area contributed by atoms with Gasteiger partial charge in [-0.2, -0.15) is 0 Å². The molecule has 0 unspecified atom stereocenters. The minimum absolute atomic E-state index is 0.483. The van der Waals surface area contributed by atoms with Crippen molar-refractivity contribution < 1.29 is 14.0 Å². The molecule has 1 aliphatic rings. The number of morpholine rings is 1. The first-order valence-electron chi connectivity index (χ1n) is 4.16. The van der Waals surface area contributed by atoms with Gasteiger partial charge < -0.3 is 4.74 Å². The molecule has 1 rings (SSSR count). The van der Waals surface area contributed by atoms with E-state index in [0.717, 1.165) is 26.1 Å². The molecule has 0 atom stereocenters. The molecule has 0 aromatic rings. The van der Waals surface area contributed by atoms with Crippen LogP contribution in [0.15, 0.2) is 0 Å². The highest BCUT2D eigenvalue weighted by Gasteiger charge is 2.30. The molecule has 0 saturated carbocycles. The lowest BCUT2D eigenvalue weighted by Crippen LogP contribution is -2.54. The van der Waals surface area contributed by atoms with Crippen molar-refractivity contribution in [3.63, 3.8) is 0 Å². The van der Waals surface area contributed by atoms with Gasteiger partial charge in [0.2, 0.25) is 0 Å². The van der Waals surface area contributed by atoms with Gasteiger partial charge in [-0.05, 0) is 6.42 Å². The van der Waals surface area contributed by atoms with Crippen molar-refractivity contribution in [3.05, 3.63) is 0 Å². The molecule has 1 heterocycles. The Balaban J connectivity index is 2.49. The first-order chi connectivity index (χ1) is 5.33. The number of quaternary nitrogens is 1. The van der Waals surface area contributed by atoms with Crippen molar-refractivity contribution in [3.8, 4) is 0 Å². The zero-order chi connectivity index (χ0) is 8.16. The van der Waals surface area contributed by atoms with Crippen LogP contribution in [0.4, 0.5) is 0 Å². The summed E-state index contributed by atoms with van der Waals surface area (Å²) in [5.74, 6) is 0. The van der Waals surface area contributed by atoms with Crippen molar-refractivity contribution in [2.24, 2.45) is 0 Å². The molecule has 3 nitrogen and oxygen atoms in total. The molecule has 0 N–H and O–H groups in total. The van der Waals surface area contributed by atoms with Gasteiger partial charge in [-0.3, -0.25) is 0 Å². The van der Waals surface area contributed by atoms with Crippen LogP contribution < -0.4 is 0 Å². The first kappa shape index (κ1) is 8.68. The Morgan fingerprint density at radius 2 is 2.09 bits per heavy atom. The Labute approximate surface area is 67.5 Å². The minimum Gasteiger partial charge on any atom is -0.370 e. The molecule has 1 saturated heterocycles. The van der Waals surface area contributed by atoms with E-state index in [4.69, 9.17) is 4.74 Å². The van der Waals surface area contributed by atoms with Crippen LogP contribution in [-0.2, 0) is 9.53 Å². The smallest absolute Gasteiger partial charge is 0.370 e. The summed E-state index contributed by atoms with van der Waals surface area (Å²) in [6, 6.07) is 0. The van der Waals surface area contributed by atoms with Crippen LogP contribution in [0.5, 0.6) is 0 Å². The molecule has 3 heteroatoms. The number of hydrogen-bond acceptors (Lipinski definition) is 2. The summed E-state index contributed by atoms with van der Waals surface area (Å²) in [5.41, 5.74) is 0. The highest BCUT2D eigenvalue weighted by molar-refractivity contribution is 5.38. The fourth-order valence-electron chi connectivity index (χ4n) is 1.48. The quantitative estimate of drug-likeness (QED) is 0.551. The lowest BCUT2D eigenvalue weighted by Gasteiger charge is -2.33. The van der Waals surface area contributed by atoms with Gasteiger partial charge >= 0.3 is 6.41 Å². The van der Waals surface area contributed by atoms with Gasteiger partial charge in [0.25, 0.3) is 0 Å². The number of ether oxygens (including phenoxy) is 1. The lowest BCUT2D eigenvalue weighted by molar-refractivity contribution is -0.848. The van der Waals surface area contributed by atoms with Gasteiger partial charge in [-0.15, -0.1) is 0 Å². The van der Waals surface area contributed by atoms with Crippen molar-refractivity contribution in [2.45, 2.75) is 13.3 Å². The Morgan fingerprint density at radius 1 is 1.45 bits per heavy atom. The van der Waals surface area contributed by atoms with E-state index in [9.17, 15) is 4.79 Å². The molecule has 0 aliphatic carbocycles. The second-order valence-corrected chi connectivity index (χ2v) is 3.02. The van der Waals surface area contributed by atoms with E-state index in [1.807, 2.05) is 0 Å². The van der Waals surface area contributed by atoms with Gasteiger partial charge in [0.05, 0.1) is 19.8 Å². The molecule has 0 aromatic carbocycles. The third-order valence-corrected chi connectivity index (χ3v) is 2.17. The van der Waals surface area contributed by atoms with E-state index >= 15 is 0 Å². The fourth-order valence-corrected chi connectivity index (χ4v) is 1.48. The number of amides is 1. The van der Waals surface area contributed by atoms with Crippen LogP contribution in [-0.4, -0.2) is 43.7 Å². The lowest BCUT2D eigenvalue weighted by atomic mass is 10.3. The number of rotatable bonds is 3. The summed E-state index contributed by atoms with van der Waals surface area (Å²) in [5, 5.41) is 0. The molecule has 1 fully saturated rings. The van der Waals surface area contributed by atoms with Gasteiger partial charge in [0.15, 0.2) is 0 Å². The van der Waals surface area contributed by atoms with Crippen LogP contribution in [0.3, 0.4) is 0 Å². The monoisotopic (exact) mass is 157 g/mol. The third-order valence-electron chi connectivity index (χ3n) is 2.17. The van der Waals surface area contributed by atoms with Crippen molar-refractivity contribution in [2.75, 3.05) is 32.8 Å².